The van der Waals surface area contributed by atoms with Gasteiger partial charge in [0.05, 0.1) is 28.5 Å². The second kappa shape index (κ2) is 4.64. The molecule has 2 heterocycles. The number of aryl methyl sites for hydroxylation is 1. The maximum absolute atomic E-state index is 11.0. The number of carboxylic acid groups (broad SMARTS) is 1. The summed E-state index contributed by atoms with van der Waals surface area (Å²) in [5.41, 5.74) is 6.80. The van der Waals surface area contributed by atoms with Crippen LogP contribution in [0.4, 0.5) is 0 Å². The average molecular weight is 315 g/mol. The van der Waals surface area contributed by atoms with Gasteiger partial charge in [0.2, 0.25) is 0 Å². The van der Waals surface area contributed by atoms with Gasteiger partial charge in [-0.05, 0) is 48.2 Å². The minimum absolute atomic E-state index is 0.290. The summed E-state index contributed by atoms with van der Waals surface area (Å²) in [6.45, 7) is 0. The van der Waals surface area contributed by atoms with Crippen LogP contribution in [0.25, 0.3) is 33.1 Å². The lowest BCUT2D eigenvalue weighted by Crippen LogP contribution is -2.13. The molecular formula is C19H13N3O2. The van der Waals surface area contributed by atoms with Gasteiger partial charge in [0.1, 0.15) is 0 Å². The number of aromatic carboxylic acids is 1. The molecule has 2 aromatic carbocycles. The van der Waals surface area contributed by atoms with Crippen LogP contribution in [0.15, 0.2) is 42.6 Å². The molecule has 2 N–H and O–H groups in total. The lowest BCUT2D eigenvalue weighted by Gasteiger charge is -2.24. The smallest absolute Gasteiger partial charge is 0.335 e. The Morgan fingerprint density at radius 3 is 2.54 bits per heavy atom. The van der Waals surface area contributed by atoms with Crippen molar-refractivity contribution in [1.29, 1.82) is 0 Å². The van der Waals surface area contributed by atoms with E-state index in [4.69, 9.17) is 10.1 Å². The third-order valence-corrected chi connectivity index (χ3v) is 4.82. The molecule has 0 aliphatic heterocycles. The first-order valence-corrected chi connectivity index (χ1v) is 7.83. The molecule has 4 aromatic rings. The summed E-state index contributed by atoms with van der Waals surface area (Å²) in [6, 6.07) is 11.0. The number of rotatable bonds is 2. The Morgan fingerprint density at radius 2 is 1.83 bits per heavy atom. The largest absolute Gasteiger partial charge is 0.478 e. The summed E-state index contributed by atoms with van der Waals surface area (Å²) >= 11 is 0. The highest BCUT2D eigenvalue weighted by atomic mass is 16.4. The van der Waals surface area contributed by atoms with Crippen molar-refractivity contribution in [2.75, 3.05) is 0 Å². The molecule has 116 valence electrons. The number of carbonyl (C=O) groups is 1. The van der Waals surface area contributed by atoms with Gasteiger partial charge in [0.15, 0.2) is 0 Å². The second-order valence-electron chi connectivity index (χ2n) is 6.09. The van der Waals surface area contributed by atoms with E-state index in [1.165, 1.54) is 16.5 Å². The van der Waals surface area contributed by atoms with Crippen molar-refractivity contribution in [1.82, 2.24) is 15.2 Å². The van der Waals surface area contributed by atoms with E-state index in [0.717, 1.165) is 40.5 Å². The third-order valence-electron chi connectivity index (χ3n) is 4.82. The number of benzene rings is 2. The standard InChI is InChI=1S/C19H13N3O2/c23-19(24)11-3-1-10(2-4-11)18-13-6-5-12(13)17-14-9-20-22-15(14)7-8-16(17)21-18/h1-4,7-9H,5-6H2,(H,20,22)(H,23,24). The number of nitrogens with zero attached hydrogens (tertiary/aromatic N) is 2. The number of fused-ring (bicyclic) bond motifs is 5. The van der Waals surface area contributed by atoms with E-state index in [1.54, 1.807) is 12.1 Å². The molecule has 0 saturated heterocycles. The lowest BCUT2D eigenvalue weighted by molar-refractivity contribution is 0.0697. The Bertz CT molecular complexity index is 1130. The van der Waals surface area contributed by atoms with Crippen LogP contribution in [0.3, 0.4) is 0 Å². The summed E-state index contributed by atoms with van der Waals surface area (Å²) in [5, 5.41) is 18.5. The molecule has 0 atom stereocenters. The summed E-state index contributed by atoms with van der Waals surface area (Å²) in [6.07, 6.45) is 3.90. The van der Waals surface area contributed by atoms with Crippen LogP contribution < -0.4 is 0 Å². The first kappa shape index (κ1) is 13.2. The van der Waals surface area contributed by atoms with Crippen molar-refractivity contribution in [2.24, 2.45) is 0 Å². The number of aromatic nitrogens is 3. The van der Waals surface area contributed by atoms with Crippen LogP contribution in [-0.2, 0) is 12.8 Å². The highest BCUT2D eigenvalue weighted by molar-refractivity contribution is 6.08. The summed E-state index contributed by atoms with van der Waals surface area (Å²) in [5.74, 6) is -0.914. The molecule has 0 amide bonds. The van der Waals surface area contributed by atoms with Crippen molar-refractivity contribution in [3.05, 3.63) is 59.3 Å². The highest BCUT2D eigenvalue weighted by Gasteiger charge is 2.24. The van der Waals surface area contributed by atoms with E-state index < -0.39 is 5.97 Å². The monoisotopic (exact) mass is 315 g/mol. The zero-order valence-corrected chi connectivity index (χ0v) is 12.7. The first-order valence-electron chi connectivity index (χ1n) is 7.83. The van der Waals surface area contributed by atoms with Gasteiger partial charge < -0.3 is 5.11 Å². The van der Waals surface area contributed by atoms with E-state index in [0.29, 0.717) is 5.56 Å². The molecule has 5 nitrogen and oxygen atoms in total. The van der Waals surface area contributed by atoms with Gasteiger partial charge in [-0.1, -0.05) is 12.1 Å². The Labute approximate surface area is 137 Å². The number of pyridine rings is 1. The fourth-order valence-corrected chi connectivity index (χ4v) is 3.53. The number of hydrogen-bond donors (Lipinski definition) is 2. The Kier molecular flexibility index (Phi) is 2.56. The second-order valence-corrected chi connectivity index (χ2v) is 6.09. The summed E-state index contributed by atoms with van der Waals surface area (Å²) in [4.78, 5) is 15.9. The van der Waals surface area contributed by atoms with Crippen LogP contribution in [0.2, 0.25) is 0 Å². The number of H-pyrrole nitrogens is 1. The van der Waals surface area contributed by atoms with Gasteiger partial charge in [-0.25, -0.2) is 9.78 Å². The normalized spacial score (nSPS) is 13.0. The van der Waals surface area contributed by atoms with Gasteiger partial charge in [0.25, 0.3) is 0 Å². The zero-order valence-electron chi connectivity index (χ0n) is 12.7. The van der Waals surface area contributed by atoms with E-state index in [9.17, 15) is 4.79 Å². The van der Waals surface area contributed by atoms with Crippen molar-refractivity contribution in [3.63, 3.8) is 0 Å². The molecule has 0 spiro atoms. The molecule has 5 heteroatoms. The SMILES string of the molecule is O=C(O)c1ccc(-c2nc3ccc4[nH]ncc4c3c3c2CC3)cc1. The quantitative estimate of drug-likeness (QED) is 0.592. The molecule has 2 aromatic heterocycles. The Hall–Kier alpha value is -3.21. The predicted molar refractivity (Wildman–Crippen MR) is 91.2 cm³/mol. The lowest BCUT2D eigenvalue weighted by atomic mass is 9.82. The van der Waals surface area contributed by atoms with Crippen LogP contribution in [0.1, 0.15) is 21.5 Å². The molecule has 1 aliphatic carbocycles. The average Bonchev–Trinajstić information content (AvgIpc) is 3.03. The minimum atomic E-state index is -0.914. The van der Waals surface area contributed by atoms with E-state index in [1.807, 2.05) is 30.5 Å². The highest BCUT2D eigenvalue weighted by Crippen LogP contribution is 2.39. The van der Waals surface area contributed by atoms with Gasteiger partial charge in [0, 0.05) is 16.3 Å². The Morgan fingerprint density at radius 1 is 1.04 bits per heavy atom. The summed E-state index contributed by atoms with van der Waals surface area (Å²) < 4.78 is 0. The van der Waals surface area contributed by atoms with E-state index in [-0.39, 0.29) is 0 Å². The number of aromatic amines is 1. The molecule has 0 radical (unpaired) electrons. The third kappa shape index (κ3) is 1.72. The van der Waals surface area contributed by atoms with Gasteiger partial charge in [-0.2, -0.15) is 5.10 Å². The molecule has 0 unspecified atom stereocenters. The van der Waals surface area contributed by atoms with Crippen molar-refractivity contribution in [3.8, 4) is 11.3 Å². The maximum atomic E-state index is 11.0. The predicted octanol–water partition coefficient (Wildman–Crippen LogP) is 3.57. The Balaban J connectivity index is 1.77. The fourth-order valence-electron chi connectivity index (χ4n) is 3.53. The van der Waals surface area contributed by atoms with Crippen LogP contribution >= 0.6 is 0 Å². The zero-order chi connectivity index (χ0) is 16.3. The molecule has 0 fully saturated rings. The van der Waals surface area contributed by atoms with Crippen molar-refractivity contribution >= 4 is 27.8 Å². The van der Waals surface area contributed by atoms with Crippen molar-refractivity contribution in [2.45, 2.75) is 12.8 Å². The molecule has 1 aliphatic rings. The van der Waals surface area contributed by atoms with Crippen LogP contribution in [0.5, 0.6) is 0 Å². The molecular weight excluding hydrogens is 302 g/mol. The number of nitrogens with one attached hydrogen (secondary N) is 1. The molecule has 0 bridgehead atoms. The van der Waals surface area contributed by atoms with Gasteiger partial charge >= 0.3 is 5.97 Å². The minimum Gasteiger partial charge on any atom is -0.478 e. The van der Waals surface area contributed by atoms with Crippen LogP contribution in [-0.4, -0.2) is 26.3 Å². The summed E-state index contributed by atoms with van der Waals surface area (Å²) in [7, 11) is 0. The van der Waals surface area contributed by atoms with Crippen molar-refractivity contribution < 1.29 is 9.90 Å². The maximum Gasteiger partial charge on any atom is 0.335 e. The van der Waals surface area contributed by atoms with E-state index in [2.05, 4.69) is 10.2 Å². The van der Waals surface area contributed by atoms with Gasteiger partial charge in [-0.3, -0.25) is 5.10 Å². The fraction of sp³-hybridized carbons (Fsp3) is 0.105. The number of hydrogen-bond acceptors (Lipinski definition) is 3. The topological polar surface area (TPSA) is 78.9 Å². The first-order chi connectivity index (χ1) is 11.7. The molecule has 24 heavy (non-hydrogen) atoms. The van der Waals surface area contributed by atoms with Gasteiger partial charge in [-0.15, -0.1) is 0 Å². The molecule has 0 saturated carbocycles. The number of carboxylic acids is 1. The molecule has 5 rings (SSSR count). The van der Waals surface area contributed by atoms with E-state index >= 15 is 0 Å². The van der Waals surface area contributed by atoms with Crippen LogP contribution in [0, 0.1) is 0 Å².